The SMILES string of the molecule is CC(C)CC(N)CS(=O)(=O)N1CCCCC1. The van der Waals surface area contributed by atoms with E-state index in [0.29, 0.717) is 19.0 Å². The highest BCUT2D eigenvalue weighted by Crippen LogP contribution is 2.15. The van der Waals surface area contributed by atoms with Gasteiger partial charge in [-0.15, -0.1) is 0 Å². The van der Waals surface area contributed by atoms with Gasteiger partial charge in [0.2, 0.25) is 10.0 Å². The zero-order valence-electron chi connectivity index (χ0n) is 10.4. The molecular weight excluding hydrogens is 224 g/mol. The molecule has 1 atom stereocenters. The van der Waals surface area contributed by atoms with E-state index in [1.807, 2.05) is 0 Å². The predicted molar refractivity (Wildman–Crippen MR) is 66.6 cm³/mol. The maximum atomic E-state index is 12.0. The van der Waals surface area contributed by atoms with Crippen LogP contribution in [0.3, 0.4) is 0 Å². The fourth-order valence-electron chi connectivity index (χ4n) is 2.19. The molecule has 0 saturated carbocycles. The third-order valence-electron chi connectivity index (χ3n) is 2.91. The van der Waals surface area contributed by atoms with E-state index >= 15 is 0 Å². The van der Waals surface area contributed by atoms with Crippen LogP contribution in [0.1, 0.15) is 39.5 Å². The van der Waals surface area contributed by atoms with E-state index in [-0.39, 0.29) is 11.8 Å². The summed E-state index contributed by atoms with van der Waals surface area (Å²) in [7, 11) is -3.12. The summed E-state index contributed by atoms with van der Waals surface area (Å²) in [6, 6.07) is -0.230. The van der Waals surface area contributed by atoms with Crippen LogP contribution in [0.4, 0.5) is 0 Å². The molecule has 0 aliphatic carbocycles. The smallest absolute Gasteiger partial charge is 0.215 e. The largest absolute Gasteiger partial charge is 0.327 e. The van der Waals surface area contributed by atoms with Crippen LogP contribution >= 0.6 is 0 Å². The molecule has 16 heavy (non-hydrogen) atoms. The second-order valence-corrected chi connectivity index (χ2v) is 7.14. The molecule has 1 fully saturated rings. The van der Waals surface area contributed by atoms with Crippen LogP contribution in [0.15, 0.2) is 0 Å². The molecule has 0 bridgehead atoms. The summed E-state index contributed by atoms with van der Waals surface area (Å²) >= 11 is 0. The van der Waals surface area contributed by atoms with Gasteiger partial charge in [-0.3, -0.25) is 0 Å². The van der Waals surface area contributed by atoms with Crippen molar-refractivity contribution < 1.29 is 8.42 Å². The molecule has 0 spiro atoms. The van der Waals surface area contributed by atoms with E-state index in [1.165, 1.54) is 0 Å². The first-order valence-electron chi connectivity index (χ1n) is 6.15. The standard InChI is InChI=1S/C11H24N2O2S/c1-10(2)8-11(12)9-16(14,15)13-6-4-3-5-7-13/h10-11H,3-9,12H2,1-2H3. The number of nitrogens with two attached hydrogens (primary N) is 1. The van der Waals surface area contributed by atoms with Crippen molar-refractivity contribution in [2.24, 2.45) is 11.7 Å². The fraction of sp³-hybridized carbons (Fsp3) is 1.00. The molecule has 5 heteroatoms. The van der Waals surface area contributed by atoms with Crippen molar-refractivity contribution in [2.75, 3.05) is 18.8 Å². The van der Waals surface area contributed by atoms with Gasteiger partial charge in [-0.2, -0.15) is 0 Å². The van der Waals surface area contributed by atoms with Crippen molar-refractivity contribution in [2.45, 2.75) is 45.6 Å². The summed E-state index contributed by atoms with van der Waals surface area (Å²) in [5.41, 5.74) is 5.86. The van der Waals surface area contributed by atoms with Gasteiger partial charge in [0, 0.05) is 19.1 Å². The Bertz CT molecular complexity index is 295. The minimum Gasteiger partial charge on any atom is -0.327 e. The molecule has 1 rings (SSSR count). The van der Waals surface area contributed by atoms with Gasteiger partial charge in [-0.25, -0.2) is 12.7 Å². The van der Waals surface area contributed by atoms with Gasteiger partial charge in [0.15, 0.2) is 0 Å². The number of piperidine rings is 1. The lowest BCUT2D eigenvalue weighted by molar-refractivity contribution is 0.344. The number of nitrogens with zero attached hydrogens (tertiary/aromatic N) is 1. The number of rotatable bonds is 5. The Hall–Kier alpha value is -0.130. The Kier molecular flexibility index (Phi) is 5.21. The zero-order valence-corrected chi connectivity index (χ0v) is 11.2. The topological polar surface area (TPSA) is 63.4 Å². The molecule has 0 aromatic rings. The first kappa shape index (κ1) is 13.9. The molecule has 1 aliphatic rings. The Morgan fingerprint density at radius 3 is 2.25 bits per heavy atom. The Labute approximate surface area is 99.2 Å². The molecule has 2 N–H and O–H groups in total. The summed E-state index contributed by atoms with van der Waals surface area (Å²) in [6.45, 7) is 5.48. The first-order valence-corrected chi connectivity index (χ1v) is 7.76. The Morgan fingerprint density at radius 1 is 1.19 bits per heavy atom. The Balaban J connectivity index is 2.49. The average molecular weight is 248 g/mol. The van der Waals surface area contributed by atoms with Crippen LogP contribution in [0, 0.1) is 5.92 Å². The summed E-state index contributed by atoms with van der Waals surface area (Å²) in [6.07, 6.45) is 3.88. The second kappa shape index (κ2) is 5.98. The predicted octanol–water partition coefficient (Wildman–Crippen LogP) is 1.18. The molecule has 0 radical (unpaired) electrons. The molecule has 1 aliphatic heterocycles. The van der Waals surface area contributed by atoms with Crippen molar-refractivity contribution >= 4 is 10.0 Å². The lowest BCUT2D eigenvalue weighted by atomic mass is 10.1. The highest BCUT2D eigenvalue weighted by atomic mass is 32.2. The molecule has 1 saturated heterocycles. The molecule has 4 nitrogen and oxygen atoms in total. The molecular formula is C11H24N2O2S. The highest BCUT2D eigenvalue weighted by Gasteiger charge is 2.26. The minimum absolute atomic E-state index is 0.102. The molecule has 0 amide bonds. The molecule has 1 unspecified atom stereocenters. The highest BCUT2D eigenvalue weighted by molar-refractivity contribution is 7.89. The van der Waals surface area contributed by atoms with Crippen molar-refractivity contribution in [3.8, 4) is 0 Å². The average Bonchev–Trinajstić information content (AvgIpc) is 2.16. The van der Waals surface area contributed by atoms with Gasteiger partial charge in [-0.05, 0) is 25.2 Å². The number of hydrogen-bond donors (Lipinski definition) is 1. The monoisotopic (exact) mass is 248 g/mol. The number of sulfonamides is 1. The van der Waals surface area contributed by atoms with Gasteiger partial charge in [0.05, 0.1) is 5.75 Å². The van der Waals surface area contributed by atoms with Gasteiger partial charge in [0.1, 0.15) is 0 Å². The lowest BCUT2D eigenvalue weighted by Crippen LogP contribution is -2.42. The van der Waals surface area contributed by atoms with Gasteiger partial charge >= 0.3 is 0 Å². The van der Waals surface area contributed by atoms with Crippen LogP contribution in [0.5, 0.6) is 0 Å². The summed E-state index contributed by atoms with van der Waals surface area (Å²) < 4.78 is 25.7. The third-order valence-corrected chi connectivity index (χ3v) is 4.91. The lowest BCUT2D eigenvalue weighted by Gasteiger charge is -2.27. The maximum Gasteiger partial charge on any atom is 0.215 e. The van der Waals surface area contributed by atoms with E-state index in [9.17, 15) is 8.42 Å². The van der Waals surface area contributed by atoms with E-state index in [4.69, 9.17) is 5.73 Å². The van der Waals surface area contributed by atoms with Crippen molar-refractivity contribution in [3.63, 3.8) is 0 Å². The molecule has 0 aromatic carbocycles. The molecule has 0 aromatic heterocycles. The third kappa shape index (κ3) is 4.39. The summed E-state index contributed by atoms with van der Waals surface area (Å²) in [4.78, 5) is 0. The summed E-state index contributed by atoms with van der Waals surface area (Å²) in [5.74, 6) is 0.553. The van der Waals surface area contributed by atoms with Crippen LogP contribution in [-0.4, -0.2) is 37.6 Å². The van der Waals surface area contributed by atoms with E-state index in [1.54, 1.807) is 4.31 Å². The van der Waals surface area contributed by atoms with Gasteiger partial charge < -0.3 is 5.73 Å². The van der Waals surface area contributed by atoms with Crippen LogP contribution in [0.25, 0.3) is 0 Å². The number of hydrogen-bond acceptors (Lipinski definition) is 3. The van der Waals surface area contributed by atoms with E-state index < -0.39 is 10.0 Å². The zero-order chi connectivity index (χ0) is 12.2. The molecule has 1 heterocycles. The van der Waals surface area contributed by atoms with Gasteiger partial charge in [-0.1, -0.05) is 20.3 Å². The quantitative estimate of drug-likeness (QED) is 0.794. The van der Waals surface area contributed by atoms with Crippen LogP contribution < -0.4 is 5.73 Å². The minimum atomic E-state index is -3.12. The first-order chi connectivity index (χ1) is 7.42. The van der Waals surface area contributed by atoms with Crippen LogP contribution in [-0.2, 0) is 10.0 Å². The van der Waals surface area contributed by atoms with Gasteiger partial charge in [0.25, 0.3) is 0 Å². The van der Waals surface area contributed by atoms with Crippen molar-refractivity contribution in [1.29, 1.82) is 0 Å². The summed E-state index contributed by atoms with van der Waals surface area (Å²) in [5, 5.41) is 0. The second-order valence-electron chi connectivity index (χ2n) is 5.13. The molecule has 96 valence electrons. The van der Waals surface area contributed by atoms with E-state index in [0.717, 1.165) is 25.7 Å². The van der Waals surface area contributed by atoms with E-state index in [2.05, 4.69) is 13.8 Å². The maximum absolute atomic E-state index is 12.0. The fourth-order valence-corrected chi connectivity index (χ4v) is 3.90. The normalized spacial score (nSPS) is 21.2. The Morgan fingerprint density at radius 2 is 1.75 bits per heavy atom. The van der Waals surface area contributed by atoms with Crippen LogP contribution in [0.2, 0.25) is 0 Å². The van der Waals surface area contributed by atoms with Crippen molar-refractivity contribution in [1.82, 2.24) is 4.31 Å². The van der Waals surface area contributed by atoms with Crippen molar-refractivity contribution in [3.05, 3.63) is 0 Å².